The third kappa shape index (κ3) is 3.26. The fourth-order valence-electron chi connectivity index (χ4n) is 1.97. The van der Waals surface area contributed by atoms with E-state index in [0.29, 0.717) is 0 Å². The summed E-state index contributed by atoms with van der Waals surface area (Å²) in [5.41, 5.74) is 0. The molecule has 3 nitrogen and oxygen atoms in total. The number of piperidine rings is 1. The Morgan fingerprint density at radius 2 is 2.13 bits per heavy atom. The molecule has 1 saturated heterocycles. The topological polar surface area (TPSA) is 36.4 Å². The summed E-state index contributed by atoms with van der Waals surface area (Å²) < 4.78 is 0. The number of hydrogen-bond donors (Lipinski definition) is 1. The van der Waals surface area contributed by atoms with Crippen LogP contribution in [0.15, 0.2) is 6.20 Å². The lowest BCUT2D eigenvalue weighted by Gasteiger charge is -2.25. The molecule has 2 rings (SSSR count). The zero-order valence-corrected chi connectivity index (χ0v) is 9.80. The predicted molar refractivity (Wildman–Crippen MR) is 62.0 cm³/mol. The van der Waals surface area contributed by atoms with Crippen molar-refractivity contribution in [1.29, 1.82) is 0 Å². The molecule has 0 aromatic carbocycles. The summed E-state index contributed by atoms with van der Waals surface area (Å²) in [6.45, 7) is 3.75. The summed E-state index contributed by atoms with van der Waals surface area (Å²) in [7, 11) is 0. The molecule has 0 atom stereocenters. The van der Waals surface area contributed by atoms with Gasteiger partial charge in [-0.05, 0) is 25.9 Å². The lowest BCUT2D eigenvalue weighted by Crippen LogP contribution is -2.31. The van der Waals surface area contributed by atoms with Crippen molar-refractivity contribution >= 4 is 11.3 Å². The number of hydrogen-bond acceptors (Lipinski definition) is 4. The highest BCUT2D eigenvalue weighted by Crippen LogP contribution is 2.15. The molecule has 4 heteroatoms. The van der Waals surface area contributed by atoms with Gasteiger partial charge in [-0.15, -0.1) is 11.3 Å². The Balaban J connectivity index is 1.76. The van der Waals surface area contributed by atoms with Gasteiger partial charge in [0.15, 0.2) is 0 Å². The fourth-order valence-corrected chi connectivity index (χ4v) is 2.74. The lowest BCUT2D eigenvalue weighted by atomic mass is 10.1. The van der Waals surface area contributed by atoms with Crippen LogP contribution in [0.5, 0.6) is 0 Å². The molecule has 0 radical (unpaired) electrons. The molecule has 0 saturated carbocycles. The minimum atomic E-state index is 0.126. The SMILES string of the molecule is OCc1cnc(CCN2CCCCC2)s1. The van der Waals surface area contributed by atoms with Crippen LogP contribution in [0.3, 0.4) is 0 Å². The van der Waals surface area contributed by atoms with Gasteiger partial charge < -0.3 is 10.0 Å². The van der Waals surface area contributed by atoms with Gasteiger partial charge in [0.1, 0.15) is 0 Å². The highest BCUT2D eigenvalue weighted by atomic mass is 32.1. The van der Waals surface area contributed by atoms with Gasteiger partial charge in [-0.25, -0.2) is 4.98 Å². The maximum atomic E-state index is 8.93. The molecule has 0 aliphatic carbocycles. The van der Waals surface area contributed by atoms with Crippen LogP contribution in [0.25, 0.3) is 0 Å². The van der Waals surface area contributed by atoms with Crippen LogP contribution in [0.4, 0.5) is 0 Å². The quantitative estimate of drug-likeness (QED) is 0.848. The molecule has 0 bridgehead atoms. The van der Waals surface area contributed by atoms with E-state index in [2.05, 4.69) is 9.88 Å². The van der Waals surface area contributed by atoms with Crippen molar-refractivity contribution in [2.75, 3.05) is 19.6 Å². The summed E-state index contributed by atoms with van der Waals surface area (Å²) in [6, 6.07) is 0. The Kier molecular flexibility index (Phi) is 4.11. The Morgan fingerprint density at radius 3 is 2.80 bits per heavy atom. The number of nitrogens with zero attached hydrogens (tertiary/aromatic N) is 2. The third-order valence-corrected chi connectivity index (χ3v) is 3.89. The molecule has 15 heavy (non-hydrogen) atoms. The standard InChI is InChI=1S/C11H18N2OS/c14-9-10-8-12-11(15-10)4-7-13-5-2-1-3-6-13/h8,14H,1-7,9H2. The van der Waals surface area contributed by atoms with Gasteiger partial charge in [-0.2, -0.15) is 0 Å². The number of thiazole rings is 1. The Bertz CT molecular complexity index is 295. The molecule has 1 N–H and O–H groups in total. The Labute approximate surface area is 94.8 Å². The molecule has 1 aliphatic heterocycles. The maximum absolute atomic E-state index is 8.93. The van der Waals surface area contributed by atoms with Gasteiger partial charge >= 0.3 is 0 Å². The van der Waals surface area contributed by atoms with E-state index in [1.54, 1.807) is 17.5 Å². The van der Waals surface area contributed by atoms with Crippen LogP contribution in [-0.4, -0.2) is 34.6 Å². The van der Waals surface area contributed by atoms with Crippen LogP contribution in [-0.2, 0) is 13.0 Å². The molecule has 1 aromatic rings. The van der Waals surface area contributed by atoms with Gasteiger partial charge in [0.2, 0.25) is 0 Å². The number of aliphatic hydroxyl groups excluding tert-OH is 1. The summed E-state index contributed by atoms with van der Waals surface area (Å²) in [4.78, 5) is 7.80. The number of aliphatic hydroxyl groups is 1. The van der Waals surface area contributed by atoms with E-state index in [9.17, 15) is 0 Å². The molecule has 0 spiro atoms. The smallest absolute Gasteiger partial charge is 0.0941 e. The van der Waals surface area contributed by atoms with E-state index in [4.69, 9.17) is 5.11 Å². The average molecular weight is 226 g/mol. The molecule has 84 valence electrons. The second kappa shape index (κ2) is 5.58. The molecule has 1 aromatic heterocycles. The fraction of sp³-hybridized carbons (Fsp3) is 0.727. The summed E-state index contributed by atoms with van der Waals surface area (Å²) in [6.07, 6.45) is 6.91. The minimum absolute atomic E-state index is 0.126. The zero-order valence-electron chi connectivity index (χ0n) is 8.98. The summed E-state index contributed by atoms with van der Waals surface area (Å²) in [5.74, 6) is 0. The first kappa shape index (κ1) is 11.0. The predicted octanol–water partition coefficient (Wildman–Crippen LogP) is 1.66. The van der Waals surface area contributed by atoms with Crippen molar-refractivity contribution in [1.82, 2.24) is 9.88 Å². The highest BCUT2D eigenvalue weighted by Gasteiger charge is 2.10. The van der Waals surface area contributed by atoms with Crippen LogP contribution < -0.4 is 0 Å². The van der Waals surface area contributed by atoms with Crippen LogP contribution in [0.1, 0.15) is 29.1 Å². The second-order valence-electron chi connectivity index (χ2n) is 4.03. The largest absolute Gasteiger partial charge is 0.391 e. The van der Waals surface area contributed by atoms with E-state index in [1.807, 2.05) is 0 Å². The Morgan fingerprint density at radius 1 is 1.33 bits per heavy atom. The molecular weight excluding hydrogens is 208 g/mol. The zero-order chi connectivity index (χ0) is 10.5. The normalized spacial score (nSPS) is 18.2. The van der Waals surface area contributed by atoms with E-state index in [-0.39, 0.29) is 6.61 Å². The maximum Gasteiger partial charge on any atom is 0.0941 e. The van der Waals surface area contributed by atoms with Crippen LogP contribution >= 0.6 is 11.3 Å². The minimum Gasteiger partial charge on any atom is -0.391 e. The van der Waals surface area contributed by atoms with Crippen molar-refractivity contribution in [2.24, 2.45) is 0 Å². The van der Waals surface area contributed by atoms with Crippen LogP contribution in [0, 0.1) is 0 Å². The first-order valence-corrected chi connectivity index (χ1v) is 6.47. The number of likely N-dealkylation sites (tertiary alicyclic amines) is 1. The van der Waals surface area contributed by atoms with E-state index in [1.165, 1.54) is 32.4 Å². The molecule has 1 fully saturated rings. The van der Waals surface area contributed by atoms with Gasteiger partial charge in [-0.3, -0.25) is 0 Å². The molecule has 0 amide bonds. The van der Waals surface area contributed by atoms with Crippen molar-refractivity contribution in [3.05, 3.63) is 16.1 Å². The molecule has 0 unspecified atom stereocenters. The van der Waals surface area contributed by atoms with Crippen molar-refractivity contribution < 1.29 is 5.11 Å². The van der Waals surface area contributed by atoms with Gasteiger partial charge in [0.25, 0.3) is 0 Å². The Hall–Kier alpha value is -0.450. The second-order valence-corrected chi connectivity index (χ2v) is 5.23. The van der Waals surface area contributed by atoms with Crippen molar-refractivity contribution in [3.8, 4) is 0 Å². The summed E-state index contributed by atoms with van der Waals surface area (Å²) in [5, 5.41) is 10.1. The molecular formula is C11H18N2OS. The third-order valence-electron chi connectivity index (χ3n) is 2.85. The monoisotopic (exact) mass is 226 g/mol. The van der Waals surface area contributed by atoms with E-state index >= 15 is 0 Å². The average Bonchev–Trinajstić information content (AvgIpc) is 2.76. The lowest BCUT2D eigenvalue weighted by molar-refractivity contribution is 0.231. The number of aromatic nitrogens is 1. The van der Waals surface area contributed by atoms with Gasteiger partial charge in [0, 0.05) is 19.2 Å². The van der Waals surface area contributed by atoms with Gasteiger partial charge in [0.05, 0.1) is 16.5 Å². The summed E-state index contributed by atoms with van der Waals surface area (Å²) >= 11 is 1.63. The first-order valence-electron chi connectivity index (χ1n) is 5.65. The van der Waals surface area contributed by atoms with E-state index in [0.717, 1.165) is 22.9 Å². The molecule has 2 heterocycles. The molecule has 1 aliphatic rings. The highest BCUT2D eigenvalue weighted by molar-refractivity contribution is 7.11. The van der Waals surface area contributed by atoms with Gasteiger partial charge in [-0.1, -0.05) is 6.42 Å². The first-order chi connectivity index (χ1) is 7.38. The van der Waals surface area contributed by atoms with Crippen LogP contribution in [0.2, 0.25) is 0 Å². The van der Waals surface area contributed by atoms with E-state index < -0.39 is 0 Å². The number of rotatable bonds is 4. The van der Waals surface area contributed by atoms with Crippen molar-refractivity contribution in [3.63, 3.8) is 0 Å². The van der Waals surface area contributed by atoms with Crippen molar-refractivity contribution in [2.45, 2.75) is 32.3 Å².